The number of nitrogens with zero attached hydrogens (tertiary/aromatic N) is 2. The molecule has 0 radical (unpaired) electrons. The topological polar surface area (TPSA) is 71.9 Å². The SMILES string of the molecule is O=C(c1cccnc1)N1C[C@H]2C[C@@H](Oc3ccc(Oc4ccccc4)cc3)[C@H](O)C[C@H]2C1. The Balaban J connectivity index is 1.19. The molecule has 164 valence electrons. The van der Waals surface area contributed by atoms with E-state index in [4.69, 9.17) is 9.47 Å². The second-order valence-electron chi connectivity index (χ2n) is 8.55. The first-order chi connectivity index (χ1) is 15.7. The van der Waals surface area contributed by atoms with Crippen molar-refractivity contribution >= 4 is 5.91 Å². The van der Waals surface area contributed by atoms with Crippen LogP contribution in [-0.4, -0.2) is 46.2 Å². The fourth-order valence-electron chi connectivity index (χ4n) is 4.74. The summed E-state index contributed by atoms with van der Waals surface area (Å²) in [6, 6.07) is 20.7. The maximum absolute atomic E-state index is 12.8. The van der Waals surface area contributed by atoms with Gasteiger partial charge in [-0.1, -0.05) is 18.2 Å². The first-order valence-electron chi connectivity index (χ1n) is 11.0. The lowest BCUT2D eigenvalue weighted by molar-refractivity contribution is -0.0231. The van der Waals surface area contributed by atoms with Crippen LogP contribution in [0.25, 0.3) is 0 Å². The van der Waals surface area contributed by atoms with Gasteiger partial charge >= 0.3 is 0 Å². The number of ether oxygens (including phenoxy) is 2. The third kappa shape index (κ3) is 4.46. The summed E-state index contributed by atoms with van der Waals surface area (Å²) >= 11 is 0. The van der Waals surface area contributed by atoms with Crippen LogP contribution in [0.5, 0.6) is 17.2 Å². The Morgan fingerprint density at radius 1 is 0.875 bits per heavy atom. The molecule has 1 aliphatic carbocycles. The lowest BCUT2D eigenvalue weighted by Crippen LogP contribution is -2.42. The molecule has 6 nitrogen and oxygen atoms in total. The van der Waals surface area contributed by atoms with Gasteiger partial charge in [0.15, 0.2) is 0 Å². The predicted molar refractivity (Wildman–Crippen MR) is 120 cm³/mol. The lowest BCUT2D eigenvalue weighted by Gasteiger charge is -2.35. The van der Waals surface area contributed by atoms with Crippen molar-refractivity contribution in [2.75, 3.05) is 13.1 Å². The minimum Gasteiger partial charge on any atom is -0.488 e. The van der Waals surface area contributed by atoms with Gasteiger partial charge in [-0.05, 0) is 73.2 Å². The molecule has 3 aromatic rings. The van der Waals surface area contributed by atoms with Gasteiger partial charge in [0.2, 0.25) is 0 Å². The third-order valence-electron chi connectivity index (χ3n) is 6.37. The molecule has 1 saturated heterocycles. The third-order valence-corrected chi connectivity index (χ3v) is 6.37. The molecule has 2 heterocycles. The number of aromatic nitrogens is 1. The Morgan fingerprint density at radius 3 is 2.28 bits per heavy atom. The molecule has 0 bridgehead atoms. The van der Waals surface area contributed by atoms with Gasteiger partial charge in [0.25, 0.3) is 5.91 Å². The molecule has 1 aliphatic heterocycles. The summed E-state index contributed by atoms with van der Waals surface area (Å²) in [4.78, 5) is 18.7. The van der Waals surface area contributed by atoms with E-state index in [0.29, 0.717) is 42.7 Å². The van der Waals surface area contributed by atoms with Crippen LogP contribution in [0.1, 0.15) is 23.2 Å². The summed E-state index contributed by atoms with van der Waals surface area (Å²) in [6.07, 6.45) is 3.80. The summed E-state index contributed by atoms with van der Waals surface area (Å²) in [6.45, 7) is 1.36. The maximum Gasteiger partial charge on any atom is 0.255 e. The molecule has 1 N–H and O–H groups in total. The smallest absolute Gasteiger partial charge is 0.255 e. The number of likely N-dealkylation sites (tertiary alicyclic amines) is 1. The van der Waals surface area contributed by atoms with E-state index in [1.807, 2.05) is 59.5 Å². The molecule has 2 aliphatic rings. The predicted octanol–water partition coefficient (Wildman–Crippen LogP) is 4.16. The highest BCUT2D eigenvalue weighted by Gasteiger charge is 2.44. The molecular formula is C26H26N2O4. The lowest BCUT2D eigenvalue weighted by atomic mass is 9.78. The number of aliphatic hydroxyl groups is 1. The van der Waals surface area contributed by atoms with Crippen LogP contribution >= 0.6 is 0 Å². The maximum atomic E-state index is 12.8. The fourth-order valence-corrected chi connectivity index (χ4v) is 4.74. The van der Waals surface area contributed by atoms with Gasteiger partial charge in [-0.3, -0.25) is 9.78 Å². The van der Waals surface area contributed by atoms with Crippen LogP contribution in [0.4, 0.5) is 0 Å². The van der Waals surface area contributed by atoms with Crippen LogP contribution in [-0.2, 0) is 0 Å². The summed E-state index contributed by atoms with van der Waals surface area (Å²) in [5, 5.41) is 10.7. The van der Waals surface area contributed by atoms with Crippen molar-refractivity contribution in [1.82, 2.24) is 9.88 Å². The van der Waals surface area contributed by atoms with E-state index in [-0.39, 0.29) is 12.0 Å². The normalized spacial score (nSPS) is 24.6. The van der Waals surface area contributed by atoms with E-state index in [1.54, 1.807) is 24.5 Å². The molecule has 6 heteroatoms. The van der Waals surface area contributed by atoms with Crippen LogP contribution in [0.3, 0.4) is 0 Å². The number of hydrogen-bond donors (Lipinski definition) is 1. The van der Waals surface area contributed by atoms with Crippen LogP contribution in [0, 0.1) is 11.8 Å². The highest BCUT2D eigenvalue weighted by molar-refractivity contribution is 5.94. The Hall–Kier alpha value is -3.38. The Labute approximate surface area is 187 Å². The summed E-state index contributed by atoms with van der Waals surface area (Å²) in [5.41, 5.74) is 0.609. The number of amides is 1. The monoisotopic (exact) mass is 430 g/mol. The molecule has 2 aromatic carbocycles. The van der Waals surface area contributed by atoms with Crippen LogP contribution < -0.4 is 9.47 Å². The summed E-state index contributed by atoms with van der Waals surface area (Å²) in [5.74, 6) is 2.84. The van der Waals surface area contributed by atoms with Gasteiger partial charge < -0.3 is 19.5 Å². The number of para-hydroxylation sites is 1. The Bertz CT molecular complexity index is 1040. The van der Waals surface area contributed by atoms with Crippen molar-refractivity contribution in [3.05, 3.63) is 84.7 Å². The molecule has 1 saturated carbocycles. The number of hydrogen-bond acceptors (Lipinski definition) is 5. The summed E-state index contributed by atoms with van der Waals surface area (Å²) in [7, 11) is 0. The molecule has 32 heavy (non-hydrogen) atoms. The van der Waals surface area contributed by atoms with Crippen molar-refractivity contribution in [1.29, 1.82) is 0 Å². The number of aliphatic hydroxyl groups excluding tert-OH is 1. The molecular weight excluding hydrogens is 404 g/mol. The quantitative estimate of drug-likeness (QED) is 0.658. The Kier molecular flexibility index (Phi) is 5.77. The Morgan fingerprint density at radius 2 is 1.56 bits per heavy atom. The van der Waals surface area contributed by atoms with Gasteiger partial charge in [-0.2, -0.15) is 0 Å². The zero-order valence-corrected chi connectivity index (χ0v) is 17.7. The number of carbonyl (C=O) groups excluding carboxylic acids is 1. The average molecular weight is 431 g/mol. The molecule has 0 spiro atoms. The molecule has 0 unspecified atom stereocenters. The van der Waals surface area contributed by atoms with E-state index in [9.17, 15) is 9.90 Å². The van der Waals surface area contributed by atoms with Crippen molar-refractivity contribution in [3.8, 4) is 17.2 Å². The van der Waals surface area contributed by atoms with Gasteiger partial charge in [0.05, 0.1) is 11.7 Å². The van der Waals surface area contributed by atoms with Gasteiger partial charge in [-0.25, -0.2) is 0 Å². The molecule has 4 atom stereocenters. The second-order valence-corrected chi connectivity index (χ2v) is 8.55. The van der Waals surface area contributed by atoms with Crippen molar-refractivity contribution in [2.24, 2.45) is 11.8 Å². The standard InChI is InChI=1S/C26H26N2O4/c29-24-13-19-16-28(26(30)18-5-4-12-27-15-18)17-20(19)14-25(24)32-23-10-8-22(9-11-23)31-21-6-2-1-3-7-21/h1-12,15,19-20,24-25,29H,13-14,16-17H2/t19-,20+,24+,25+/m0/s1. The van der Waals surface area contributed by atoms with Crippen LogP contribution in [0.2, 0.25) is 0 Å². The van der Waals surface area contributed by atoms with E-state index in [0.717, 1.165) is 17.9 Å². The van der Waals surface area contributed by atoms with Gasteiger partial charge in [-0.15, -0.1) is 0 Å². The van der Waals surface area contributed by atoms with Crippen molar-refractivity contribution in [2.45, 2.75) is 25.0 Å². The average Bonchev–Trinajstić information content (AvgIpc) is 3.24. The van der Waals surface area contributed by atoms with Crippen LogP contribution in [0.15, 0.2) is 79.1 Å². The largest absolute Gasteiger partial charge is 0.488 e. The number of carbonyl (C=O) groups is 1. The zero-order chi connectivity index (χ0) is 21.9. The minimum atomic E-state index is -0.551. The number of benzene rings is 2. The number of rotatable bonds is 5. The van der Waals surface area contributed by atoms with Crippen molar-refractivity contribution in [3.63, 3.8) is 0 Å². The van der Waals surface area contributed by atoms with Gasteiger partial charge in [0, 0.05) is 25.5 Å². The first kappa shape index (κ1) is 20.5. The van der Waals surface area contributed by atoms with Crippen molar-refractivity contribution < 1.29 is 19.4 Å². The van der Waals surface area contributed by atoms with E-state index < -0.39 is 6.10 Å². The highest BCUT2D eigenvalue weighted by atomic mass is 16.5. The molecule has 1 aromatic heterocycles. The highest BCUT2D eigenvalue weighted by Crippen LogP contribution is 2.38. The van der Waals surface area contributed by atoms with E-state index >= 15 is 0 Å². The molecule has 1 amide bonds. The molecule has 5 rings (SSSR count). The number of fused-ring (bicyclic) bond motifs is 1. The van der Waals surface area contributed by atoms with Gasteiger partial charge in [0.1, 0.15) is 23.4 Å². The second kappa shape index (κ2) is 9.01. The zero-order valence-electron chi connectivity index (χ0n) is 17.7. The molecule has 2 fully saturated rings. The van der Waals surface area contributed by atoms with E-state index in [2.05, 4.69) is 4.98 Å². The number of pyridine rings is 1. The fraction of sp³-hybridized carbons (Fsp3) is 0.308. The van der Waals surface area contributed by atoms with E-state index in [1.165, 1.54) is 0 Å². The summed E-state index contributed by atoms with van der Waals surface area (Å²) < 4.78 is 12.0. The minimum absolute atomic E-state index is 0.00784. The first-order valence-corrected chi connectivity index (χ1v) is 11.0.